The largest absolute Gasteiger partial charge is 0.389 e. The van der Waals surface area contributed by atoms with Crippen molar-refractivity contribution >= 4 is 28.6 Å². The Kier molecular flexibility index (Phi) is 6.00. The molecule has 0 radical (unpaired) electrons. The van der Waals surface area contributed by atoms with Gasteiger partial charge in [-0.25, -0.2) is 0 Å². The summed E-state index contributed by atoms with van der Waals surface area (Å²) in [4.78, 5) is 15.4. The number of rotatable bonds is 5. The molecule has 1 atom stereocenters. The van der Waals surface area contributed by atoms with Crippen molar-refractivity contribution in [3.63, 3.8) is 0 Å². The molecule has 1 aromatic heterocycles. The van der Waals surface area contributed by atoms with Crippen LogP contribution in [0.4, 0.5) is 0 Å². The number of hydrogen-bond acceptors (Lipinski definition) is 4. The van der Waals surface area contributed by atoms with Gasteiger partial charge in [0.2, 0.25) is 5.91 Å². The lowest BCUT2D eigenvalue weighted by atomic mass is 10.2. The molecule has 28 heavy (non-hydrogen) atoms. The number of aliphatic hydroxyl groups excluding tert-OH is 1. The average Bonchev–Trinajstić information content (AvgIpc) is 2.90. The highest BCUT2D eigenvalue weighted by Crippen LogP contribution is 2.30. The molecule has 3 aromatic rings. The Bertz CT molecular complexity index is 941. The standard InChI is InChI=1S/C22H24N2O3S/c25-18-13-23(10-11-27-15-18)22(26)16-28-21-14-24(12-17-6-2-1-3-7-17)20-9-5-4-8-19(20)21/h1-9,14,18,25H,10-13,15-16H2/t18-/m1/s1. The zero-order valence-corrected chi connectivity index (χ0v) is 16.5. The van der Waals surface area contributed by atoms with Crippen LogP contribution < -0.4 is 0 Å². The predicted octanol–water partition coefficient (Wildman–Crippen LogP) is 3.00. The first-order valence-corrected chi connectivity index (χ1v) is 10.5. The lowest BCUT2D eigenvalue weighted by molar-refractivity contribution is -0.129. The topological polar surface area (TPSA) is 54.7 Å². The van der Waals surface area contributed by atoms with Crippen molar-refractivity contribution in [3.8, 4) is 0 Å². The van der Waals surface area contributed by atoms with Gasteiger partial charge < -0.3 is 19.3 Å². The molecule has 146 valence electrons. The number of hydrogen-bond donors (Lipinski definition) is 1. The molecule has 1 fully saturated rings. The van der Waals surface area contributed by atoms with Crippen LogP contribution in [0.1, 0.15) is 5.56 Å². The zero-order chi connectivity index (χ0) is 19.3. The number of nitrogens with zero attached hydrogens (tertiary/aromatic N) is 2. The van der Waals surface area contributed by atoms with Crippen molar-refractivity contribution in [2.75, 3.05) is 32.1 Å². The fourth-order valence-corrected chi connectivity index (χ4v) is 4.48. The fraction of sp³-hybridized carbons (Fsp3) is 0.318. The van der Waals surface area contributed by atoms with Gasteiger partial charge in [0.05, 0.1) is 25.1 Å². The van der Waals surface area contributed by atoms with Gasteiger partial charge in [0.25, 0.3) is 0 Å². The summed E-state index contributed by atoms with van der Waals surface area (Å²) in [6.07, 6.45) is 1.53. The molecule has 2 aromatic carbocycles. The third-order valence-electron chi connectivity index (χ3n) is 4.90. The Hall–Kier alpha value is -2.28. The number of amides is 1. The molecule has 0 saturated carbocycles. The maximum Gasteiger partial charge on any atom is 0.233 e. The summed E-state index contributed by atoms with van der Waals surface area (Å²) in [7, 11) is 0. The second-order valence-corrected chi connectivity index (χ2v) is 8.00. The van der Waals surface area contributed by atoms with E-state index in [-0.39, 0.29) is 5.91 Å². The number of thioether (sulfide) groups is 1. The van der Waals surface area contributed by atoms with E-state index >= 15 is 0 Å². The molecule has 5 nitrogen and oxygen atoms in total. The molecule has 6 heteroatoms. The number of aliphatic hydroxyl groups is 1. The molecule has 1 aliphatic rings. The van der Waals surface area contributed by atoms with Crippen molar-refractivity contribution < 1.29 is 14.6 Å². The summed E-state index contributed by atoms with van der Waals surface area (Å²) >= 11 is 1.56. The van der Waals surface area contributed by atoms with Gasteiger partial charge in [-0.1, -0.05) is 48.5 Å². The Morgan fingerprint density at radius 1 is 1.14 bits per heavy atom. The molecular weight excluding hydrogens is 372 g/mol. The maximum absolute atomic E-state index is 12.6. The van der Waals surface area contributed by atoms with E-state index in [1.165, 1.54) is 11.1 Å². The van der Waals surface area contributed by atoms with Gasteiger partial charge in [0.15, 0.2) is 0 Å². The molecular formula is C22H24N2O3S. The van der Waals surface area contributed by atoms with Gasteiger partial charge >= 0.3 is 0 Å². The summed E-state index contributed by atoms with van der Waals surface area (Å²) in [5, 5.41) is 11.0. The van der Waals surface area contributed by atoms with Crippen LogP contribution in [0.3, 0.4) is 0 Å². The SMILES string of the molecule is O=C(CSc1cn(Cc2ccccc2)c2ccccc12)N1CCOC[C@H](O)C1. The van der Waals surface area contributed by atoms with Gasteiger partial charge in [-0.3, -0.25) is 4.79 Å². The fourth-order valence-electron chi connectivity index (χ4n) is 3.49. The summed E-state index contributed by atoms with van der Waals surface area (Å²) in [5.41, 5.74) is 2.41. The van der Waals surface area contributed by atoms with E-state index in [2.05, 4.69) is 47.2 Å². The number of aromatic nitrogens is 1. The van der Waals surface area contributed by atoms with E-state index in [1.54, 1.807) is 16.7 Å². The van der Waals surface area contributed by atoms with Gasteiger partial charge in [-0.2, -0.15) is 0 Å². The number of benzene rings is 2. The van der Waals surface area contributed by atoms with Crippen LogP contribution in [0.5, 0.6) is 0 Å². The highest BCUT2D eigenvalue weighted by atomic mass is 32.2. The number of carbonyl (C=O) groups is 1. The van der Waals surface area contributed by atoms with Crippen LogP contribution in [0, 0.1) is 0 Å². The number of fused-ring (bicyclic) bond motifs is 1. The van der Waals surface area contributed by atoms with Crippen LogP contribution in [-0.4, -0.2) is 58.6 Å². The summed E-state index contributed by atoms with van der Waals surface area (Å²) in [6, 6.07) is 18.7. The minimum Gasteiger partial charge on any atom is -0.389 e. The highest BCUT2D eigenvalue weighted by Gasteiger charge is 2.21. The molecule has 1 saturated heterocycles. The molecule has 1 N–H and O–H groups in total. The van der Waals surface area contributed by atoms with Crippen LogP contribution in [0.2, 0.25) is 0 Å². The van der Waals surface area contributed by atoms with Crippen molar-refractivity contribution in [3.05, 3.63) is 66.4 Å². The van der Waals surface area contributed by atoms with E-state index in [4.69, 9.17) is 4.74 Å². The first-order chi connectivity index (χ1) is 13.7. The normalized spacial score (nSPS) is 17.6. The van der Waals surface area contributed by atoms with E-state index in [0.717, 1.165) is 16.8 Å². The first-order valence-electron chi connectivity index (χ1n) is 9.49. The van der Waals surface area contributed by atoms with Gasteiger partial charge in [-0.15, -0.1) is 11.8 Å². The quantitative estimate of drug-likeness (QED) is 0.674. The second-order valence-electron chi connectivity index (χ2n) is 6.98. The van der Waals surface area contributed by atoms with E-state index in [0.29, 0.717) is 32.1 Å². The monoisotopic (exact) mass is 396 g/mol. The van der Waals surface area contributed by atoms with Crippen LogP contribution >= 0.6 is 11.8 Å². The second kappa shape index (κ2) is 8.82. The van der Waals surface area contributed by atoms with Crippen LogP contribution in [0.25, 0.3) is 10.9 Å². The van der Waals surface area contributed by atoms with Gasteiger partial charge in [0, 0.05) is 41.6 Å². The van der Waals surface area contributed by atoms with Crippen LogP contribution in [-0.2, 0) is 16.1 Å². The number of ether oxygens (including phenoxy) is 1. The van der Waals surface area contributed by atoms with E-state index in [9.17, 15) is 9.90 Å². The van der Waals surface area contributed by atoms with Gasteiger partial charge in [-0.05, 0) is 11.6 Å². The van der Waals surface area contributed by atoms with Crippen molar-refractivity contribution in [1.29, 1.82) is 0 Å². The Balaban J connectivity index is 1.50. The molecule has 0 spiro atoms. The van der Waals surface area contributed by atoms with Crippen molar-refractivity contribution in [1.82, 2.24) is 9.47 Å². The molecule has 0 bridgehead atoms. The minimum atomic E-state index is -0.607. The number of β-amino-alcohol motifs (C(OH)–C–C–N with tert-alkyl or cyclic N) is 1. The lowest BCUT2D eigenvalue weighted by Gasteiger charge is -2.21. The molecule has 1 aliphatic heterocycles. The smallest absolute Gasteiger partial charge is 0.233 e. The van der Waals surface area contributed by atoms with Crippen molar-refractivity contribution in [2.24, 2.45) is 0 Å². The molecule has 1 amide bonds. The summed E-state index contributed by atoms with van der Waals surface area (Å²) in [5.74, 6) is 0.390. The van der Waals surface area contributed by atoms with E-state index < -0.39 is 6.10 Å². The van der Waals surface area contributed by atoms with Gasteiger partial charge in [0.1, 0.15) is 0 Å². The lowest BCUT2D eigenvalue weighted by Crippen LogP contribution is -2.38. The maximum atomic E-state index is 12.6. The van der Waals surface area contributed by atoms with Crippen molar-refractivity contribution in [2.45, 2.75) is 17.5 Å². The van der Waals surface area contributed by atoms with E-state index in [1.807, 2.05) is 18.2 Å². The summed E-state index contributed by atoms with van der Waals surface area (Å²) in [6.45, 7) is 2.45. The Morgan fingerprint density at radius 2 is 1.93 bits per heavy atom. The summed E-state index contributed by atoms with van der Waals surface area (Å²) < 4.78 is 7.55. The Morgan fingerprint density at radius 3 is 2.79 bits per heavy atom. The average molecular weight is 397 g/mol. The minimum absolute atomic E-state index is 0.0365. The third kappa shape index (κ3) is 4.41. The highest BCUT2D eigenvalue weighted by molar-refractivity contribution is 8.00. The third-order valence-corrected chi connectivity index (χ3v) is 5.93. The number of para-hydroxylation sites is 1. The first kappa shape index (κ1) is 19.1. The predicted molar refractivity (Wildman–Crippen MR) is 112 cm³/mol. The zero-order valence-electron chi connectivity index (χ0n) is 15.7. The molecule has 4 rings (SSSR count). The Labute approximate surface area is 168 Å². The molecule has 0 aliphatic carbocycles. The van der Waals surface area contributed by atoms with Crippen LogP contribution in [0.15, 0.2) is 65.7 Å². The number of carbonyl (C=O) groups excluding carboxylic acids is 1. The molecule has 2 heterocycles. The molecule has 0 unspecified atom stereocenters.